The number of rotatable bonds is 6. The second-order valence-corrected chi connectivity index (χ2v) is 9.72. The summed E-state index contributed by atoms with van der Waals surface area (Å²) in [6.45, 7) is 3.23. The van der Waals surface area contributed by atoms with Gasteiger partial charge < -0.3 is 9.80 Å². The molecule has 1 aliphatic heterocycles. The summed E-state index contributed by atoms with van der Waals surface area (Å²) in [6.07, 6.45) is 3.24. The van der Waals surface area contributed by atoms with E-state index in [4.69, 9.17) is 4.28 Å². The number of para-hydroxylation sites is 1. The summed E-state index contributed by atoms with van der Waals surface area (Å²) in [6, 6.07) is 21.0. The minimum atomic E-state index is -1.79. The Bertz CT molecular complexity index is 1440. The number of hydrogen-bond donors (Lipinski definition) is 1. The number of nitrogens with zero attached hydrogens (tertiary/aromatic N) is 4. The molecular weight excluding hydrogens is 490 g/mol. The van der Waals surface area contributed by atoms with E-state index in [1.54, 1.807) is 76.8 Å². The lowest BCUT2D eigenvalue weighted by molar-refractivity contribution is 0.0411. The maximum Gasteiger partial charge on any atom is 0.272 e. The van der Waals surface area contributed by atoms with Crippen LogP contribution in [0.2, 0.25) is 0 Å². The minimum absolute atomic E-state index is 0.115. The highest BCUT2D eigenvalue weighted by molar-refractivity contribution is 7.80. The van der Waals surface area contributed by atoms with Crippen molar-refractivity contribution in [3.63, 3.8) is 0 Å². The molecule has 0 saturated carbocycles. The van der Waals surface area contributed by atoms with E-state index in [9.17, 15) is 13.8 Å². The molecule has 0 radical (unpaired) electrons. The molecule has 4 aromatic rings. The molecule has 5 rings (SSSR count). The zero-order valence-corrected chi connectivity index (χ0v) is 20.9. The van der Waals surface area contributed by atoms with E-state index in [1.165, 1.54) is 0 Å². The molecule has 188 valence electrons. The zero-order chi connectivity index (χ0) is 25.8. The van der Waals surface area contributed by atoms with Crippen LogP contribution in [0.5, 0.6) is 0 Å². The summed E-state index contributed by atoms with van der Waals surface area (Å²) in [5.41, 5.74) is 4.77. The average Bonchev–Trinajstić information content (AvgIpc) is 2.95. The zero-order valence-electron chi connectivity index (χ0n) is 20.1. The monoisotopic (exact) mass is 515 g/mol. The first-order valence-corrected chi connectivity index (χ1v) is 12.9. The molecule has 2 atom stereocenters. The van der Waals surface area contributed by atoms with Gasteiger partial charge in [0.25, 0.3) is 11.8 Å². The molecule has 1 N–H and O–H groups in total. The molecule has 0 bridgehead atoms. The SMILES string of the molecule is C[C@H]1CN(C(=O)c2ccccn2)CCN1C(=O)c1ccc(NOS(=O)c2cccc3cccnc23)cc1. The summed E-state index contributed by atoms with van der Waals surface area (Å²) in [4.78, 5) is 38.3. The van der Waals surface area contributed by atoms with Crippen molar-refractivity contribution >= 4 is 39.5 Å². The van der Waals surface area contributed by atoms with Crippen LogP contribution in [0, 0.1) is 0 Å². The Morgan fingerprint density at radius 2 is 1.70 bits per heavy atom. The summed E-state index contributed by atoms with van der Waals surface area (Å²) in [5.74, 6) is -0.248. The molecule has 3 heterocycles. The topological polar surface area (TPSA) is 105 Å². The van der Waals surface area contributed by atoms with Crippen molar-refractivity contribution in [2.45, 2.75) is 17.9 Å². The Balaban J connectivity index is 1.18. The van der Waals surface area contributed by atoms with Gasteiger partial charge in [-0.1, -0.05) is 24.3 Å². The lowest BCUT2D eigenvalue weighted by Gasteiger charge is -2.39. The maximum absolute atomic E-state index is 13.1. The first-order valence-electron chi connectivity index (χ1n) is 11.8. The van der Waals surface area contributed by atoms with Crippen LogP contribution >= 0.6 is 0 Å². The summed E-state index contributed by atoms with van der Waals surface area (Å²) in [5, 5.41) is 0.871. The molecule has 10 heteroatoms. The molecular formula is C27H25N5O4S. The van der Waals surface area contributed by atoms with Gasteiger partial charge >= 0.3 is 0 Å². The van der Waals surface area contributed by atoms with Crippen LogP contribution in [0.4, 0.5) is 5.69 Å². The largest absolute Gasteiger partial charge is 0.333 e. The number of nitrogens with one attached hydrogen (secondary N) is 1. The molecule has 1 aliphatic rings. The highest BCUT2D eigenvalue weighted by Crippen LogP contribution is 2.21. The second kappa shape index (κ2) is 10.9. The number of fused-ring (bicyclic) bond motifs is 1. The van der Waals surface area contributed by atoms with Crippen molar-refractivity contribution in [3.8, 4) is 0 Å². The van der Waals surface area contributed by atoms with E-state index >= 15 is 0 Å². The minimum Gasteiger partial charge on any atom is -0.333 e. The number of carbonyl (C=O) groups excluding carboxylic acids is 2. The first kappa shape index (κ1) is 24.5. The highest BCUT2D eigenvalue weighted by atomic mass is 32.2. The third-order valence-electron chi connectivity index (χ3n) is 6.20. The molecule has 0 aliphatic carbocycles. The van der Waals surface area contributed by atoms with Crippen molar-refractivity contribution in [2.24, 2.45) is 0 Å². The van der Waals surface area contributed by atoms with E-state index in [-0.39, 0.29) is 17.9 Å². The van der Waals surface area contributed by atoms with Gasteiger partial charge in [0.05, 0.1) is 16.1 Å². The van der Waals surface area contributed by atoms with Crippen LogP contribution in [-0.4, -0.2) is 61.5 Å². The molecule has 0 spiro atoms. The number of benzene rings is 2. The maximum atomic E-state index is 13.1. The molecule has 1 saturated heterocycles. The van der Waals surface area contributed by atoms with Gasteiger partial charge in [-0.05, 0) is 55.5 Å². The lowest BCUT2D eigenvalue weighted by Crippen LogP contribution is -2.55. The van der Waals surface area contributed by atoms with E-state index in [0.29, 0.717) is 47.0 Å². The van der Waals surface area contributed by atoms with Crippen LogP contribution < -0.4 is 5.48 Å². The molecule has 37 heavy (non-hydrogen) atoms. The smallest absolute Gasteiger partial charge is 0.272 e. The van der Waals surface area contributed by atoms with Crippen molar-refractivity contribution in [1.29, 1.82) is 0 Å². The van der Waals surface area contributed by atoms with Gasteiger partial charge in [0.1, 0.15) is 5.69 Å². The number of piperazine rings is 1. The van der Waals surface area contributed by atoms with E-state index < -0.39 is 11.1 Å². The predicted molar refractivity (Wildman–Crippen MR) is 140 cm³/mol. The fourth-order valence-corrected chi connectivity index (χ4v) is 5.06. The Labute approximate surface area is 216 Å². The van der Waals surface area contributed by atoms with Crippen molar-refractivity contribution in [1.82, 2.24) is 19.8 Å². The van der Waals surface area contributed by atoms with E-state index in [1.807, 2.05) is 25.1 Å². The van der Waals surface area contributed by atoms with Gasteiger partial charge in [0, 0.05) is 49.0 Å². The van der Waals surface area contributed by atoms with Crippen LogP contribution in [0.25, 0.3) is 10.9 Å². The van der Waals surface area contributed by atoms with Gasteiger partial charge in [0.15, 0.2) is 0 Å². The van der Waals surface area contributed by atoms with Gasteiger partial charge in [0.2, 0.25) is 11.1 Å². The third kappa shape index (κ3) is 5.35. The standard InChI is InChI=1S/C27H25N5O4S/c1-19-18-31(27(34)23-8-2-3-14-28-23)16-17-32(19)26(33)21-10-12-22(13-11-21)30-36-37(35)24-9-4-6-20-7-5-15-29-25(20)24/h2-15,19,30H,16-18H2,1H3/t19-,37?/m0/s1. The Hall–Kier alpha value is -4.15. The molecule has 1 fully saturated rings. The molecule has 2 aromatic carbocycles. The third-order valence-corrected chi connectivity index (χ3v) is 7.13. The van der Waals surface area contributed by atoms with Crippen LogP contribution in [-0.2, 0) is 15.4 Å². The normalized spacial score (nSPS) is 16.4. The van der Waals surface area contributed by atoms with Crippen LogP contribution in [0.3, 0.4) is 0 Å². The van der Waals surface area contributed by atoms with Crippen molar-refractivity contribution < 1.29 is 18.1 Å². The van der Waals surface area contributed by atoms with Gasteiger partial charge in [-0.3, -0.25) is 25.0 Å². The molecule has 9 nitrogen and oxygen atoms in total. The molecule has 1 unspecified atom stereocenters. The summed E-state index contributed by atoms with van der Waals surface area (Å²) >= 11 is -1.79. The highest BCUT2D eigenvalue weighted by Gasteiger charge is 2.31. The van der Waals surface area contributed by atoms with Crippen LogP contribution in [0.15, 0.2) is 90.1 Å². The average molecular weight is 516 g/mol. The fourth-order valence-electron chi connectivity index (χ4n) is 4.28. The van der Waals surface area contributed by atoms with E-state index in [2.05, 4.69) is 15.4 Å². The number of aromatic nitrogens is 2. The lowest BCUT2D eigenvalue weighted by atomic mass is 10.1. The van der Waals surface area contributed by atoms with Crippen LogP contribution in [0.1, 0.15) is 27.8 Å². The summed E-state index contributed by atoms with van der Waals surface area (Å²) in [7, 11) is 0. The second-order valence-electron chi connectivity index (χ2n) is 8.64. The van der Waals surface area contributed by atoms with Gasteiger partial charge in [-0.15, -0.1) is 0 Å². The quantitative estimate of drug-likeness (QED) is 0.391. The predicted octanol–water partition coefficient (Wildman–Crippen LogP) is 3.68. The fraction of sp³-hybridized carbons (Fsp3) is 0.185. The number of carbonyl (C=O) groups is 2. The van der Waals surface area contributed by atoms with E-state index in [0.717, 1.165) is 5.39 Å². The molecule has 2 amide bonds. The Morgan fingerprint density at radius 3 is 2.46 bits per heavy atom. The first-order chi connectivity index (χ1) is 18.0. The number of pyridine rings is 2. The number of amides is 2. The van der Waals surface area contributed by atoms with Crippen molar-refractivity contribution in [3.05, 3.63) is 96.4 Å². The number of anilines is 1. The molecule has 2 aromatic heterocycles. The Kier molecular flexibility index (Phi) is 7.20. The van der Waals surface area contributed by atoms with Crippen molar-refractivity contribution in [2.75, 3.05) is 25.1 Å². The Morgan fingerprint density at radius 1 is 0.919 bits per heavy atom. The number of hydrogen-bond acceptors (Lipinski definition) is 7. The summed E-state index contributed by atoms with van der Waals surface area (Å²) < 4.78 is 18.1. The van der Waals surface area contributed by atoms with Gasteiger partial charge in [-0.2, -0.15) is 4.28 Å². The van der Waals surface area contributed by atoms with Gasteiger partial charge in [-0.25, -0.2) is 4.21 Å².